The number of H-pyrrole nitrogens is 1. The van der Waals surface area contributed by atoms with Gasteiger partial charge in [-0.1, -0.05) is 206 Å². The van der Waals surface area contributed by atoms with Crippen molar-refractivity contribution in [3.8, 4) is 33.4 Å². The van der Waals surface area contributed by atoms with Gasteiger partial charge >= 0.3 is 0 Å². The average Bonchev–Trinajstić information content (AvgIpc) is 3.66. The summed E-state index contributed by atoms with van der Waals surface area (Å²) in [5.74, 6) is 0.0718. The molecule has 1 heterocycles. The fourth-order valence-corrected chi connectivity index (χ4v) is 6.82. The third-order valence-corrected chi connectivity index (χ3v) is 9.87. The molecule has 58 heavy (non-hydrogen) atoms. The maximum absolute atomic E-state index is 6.89. The lowest BCUT2D eigenvalue weighted by atomic mass is 9.94. The number of aromatic nitrogens is 1. The van der Waals surface area contributed by atoms with Gasteiger partial charge in [-0.05, 0) is 75.7 Å². The maximum atomic E-state index is 6.89. The van der Waals surface area contributed by atoms with E-state index in [0.29, 0.717) is 12.1 Å². The van der Waals surface area contributed by atoms with Gasteiger partial charge in [-0.15, -0.1) is 0 Å². The molecule has 0 saturated carbocycles. The zero-order valence-corrected chi connectivity index (χ0v) is 33.2. The normalized spacial score (nSPS) is 10.7. The Hall–Kier alpha value is -7.27. The summed E-state index contributed by atoms with van der Waals surface area (Å²) in [5.41, 5.74) is 23.6. The van der Waals surface area contributed by atoms with E-state index < -0.39 is 0 Å². The third-order valence-electron chi connectivity index (χ3n) is 9.87. The van der Waals surface area contributed by atoms with Crippen LogP contribution in [-0.4, -0.2) is 10.8 Å². The lowest BCUT2D eigenvalue weighted by Crippen LogP contribution is -2.10. The number of nitrogens with one attached hydrogen (secondary N) is 2. The number of nitrogens with two attached hydrogens (primary N) is 2. The molecule has 0 aliphatic heterocycles. The van der Waals surface area contributed by atoms with Gasteiger partial charge in [-0.3, -0.25) is 5.41 Å². The quantitative estimate of drug-likeness (QED) is 0.0773. The molecule has 0 bridgehead atoms. The first kappa shape index (κ1) is 40.4. The zero-order valence-electron chi connectivity index (χ0n) is 33.2. The van der Waals surface area contributed by atoms with Crippen LogP contribution in [0.15, 0.2) is 218 Å². The third kappa shape index (κ3) is 10.1. The van der Waals surface area contributed by atoms with Crippen molar-refractivity contribution in [2.24, 2.45) is 11.5 Å². The van der Waals surface area contributed by atoms with Gasteiger partial charge in [0.1, 0.15) is 5.84 Å². The van der Waals surface area contributed by atoms with Crippen molar-refractivity contribution < 1.29 is 0 Å². The van der Waals surface area contributed by atoms with Crippen molar-refractivity contribution in [2.45, 2.75) is 20.4 Å². The van der Waals surface area contributed by atoms with Crippen LogP contribution in [-0.2, 0) is 6.54 Å². The van der Waals surface area contributed by atoms with Crippen molar-refractivity contribution in [2.75, 3.05) is 0 Å². The number of hydrogen-bond donors (Lipinski definition) is 4. The largest absolute Gasteiger partial charge is 0.384 e. The number of hydrogen-bond acceptors (Lipinski definition) is 2. The first-order valence-corrected chi connectivity index (χ1v) is 19.5. The Labute approximate surface area is 342 Å². The van der Waals surface area contributed by atoms with Gasteiger partial charge in [-0.2, -0.15) is 0 Å². The molecule has 9 aromatic rings. The first-order valence-electron chi connectivity index (χ1n) is 19.5. The van der Waals surface area contributed by atoms with Gasteiger partial charge in [0.2, 0.25) is 0 Å². The number of rotatable bonds is 6. The Balaban J connectivity index is 0.000000161. The molecule has 0 aliphatic rings. The van der Waals surface area contributed by atoms with Gasteiger partial charge in [0.15, 0.2) is 0 Å². The molecule has 8 aromatic carbocycles. The molecule has 0 atom stereocenters. The summed E-state index contributed by atoms with van der Waals surface area (Å²) in [6, 6.07) is 67.9. The minimum absolute atomic E-state index is 0.0718. The summed E-state index contributed by atoms with van der Waals surface area (Å²) < 4.78 is 0. The monoisotopic (exact) mass is 754 g/mol. The van der Waals surface area contributed by atoms with E-state index in [1.165, 1.54) is 77.1 Å². The summed E-state index contributed by atoms with van der Waals surface area (Å²) in [4.78, 5) is 3.69. The van der Waals surface area contributed by atoms with Crippen LogP contribution in [0.2, 0.25) is 0 Å². The highest BCUT2D eigenvalue weighted by Gasteiger charge is 2.13. The lowest BCUT2D eigenvalue weighted by molar-refractivity contribution is 1.07. The molecule has 0 amide bonds. The Kier molecular flexibility index (Phi) is 14.0. The van der Waals surface area contributed by atoms with E-state index in [9.17, 15) is 0 Å². The van der Waals surface area contributed by atoms with Crippen molar-refractivity contribution in [1.29, 1.82) is 5.41 Å². The summed E-state index contributed by atoms with van der Waals surface area (Å²) in [6.45, 7) is 7.97. The van der Waals surface area contributed by atoms with E-state index in [0.717, 1.165) is 0 Å². The fourth-order valence-electron chi connectivity index (χ4n) is 6.82. The van der Waals surface area contributed by atoms with Crippen molar-refractivity contribution in [3.63, 3.8) is 0 Å². The SMILES string of the molecule is C=C/C(=C\C)C(=N)N.Cc1ccccc1.NCc1ccc(-c2ccccc2)cc1.c1ccc(-c2ccc3c(c2)[nH]c2cc(-c4ccccc4)c4ccccc4c23)cc1. The molecule has 0 saturated heterocycles. The lowest BCUT2D eigenvalue weighted by Gasteiger charge is -2.09. The van der Waals surface area contributed by atoms with Crippen molar-refractivity contribution >= 4 is 38.4 Å². The van der Waals surface area contributed by atoms with Crippen LogP contribution in [0.5, 0.6) is 0 Å². The molecule has 4 nitrogen and oxygen atoms in total. The van der Waals surface area contributed by atoms with Crippen LogP contribution in [0.3, 0.4) is 0 Å². The predicted molar refractivity (Wildman–Crippen MR) is 251 cm³/mol. The number of fused-ring (bicyclic) bond motifs is 5. The highest BCUT2D eigenvalue weighted by Crippen LogP contribution is 2.39. The van der Waals surface area contributed by atoms with Gasteiger partial charge in [0.25, 0.3) is 0 Å². The smallest absolute Gasteiger partial charge is 0.122 e. The minimum atomic E-state index is 0.0718. The number of aromatic amines is 1. The molecule has 0 aliphatic carbocycles. The molecule has 0 spiro atoms. The first-order chi connectivity index (χ1) is 28.4. The zero-order chi connectivity index (χ0) is 40.7. The van der Waals surface area contributed by atoms with Crippen LogP contribution in [0, 0.1) is 12.3 Å². The second-order valence-electron chi connectivity index (χ2n) is 13.8. The Bertz CT molecular complexity index is 2730. The van der Waals surface area contributed by atoms with Crippen LogP contribution >= 0.6 is 0 Å². The van der Waals surface area contributed by atoms with E-state index in [-0.39, 0.29) is 5.84 Å². The standard InChI is InChI=1S/C28H19N.C13H13N.C7H8.C6H10N2/c1-3-9-19(10-4-1)21-15-16-24-26(17-21)29-27-18-25(20-11-5-2-6-12-20)22-13-7-8-14-23(22)28(24)27;14-10-11-6-8-13(9-7-11)12-4-2-1-3-5-12;1-7-5-3-2-4-6-7;1-3-5(4-2)6(7)8/h1-18,29H;1-9H,10,14H2;2-6H,1H3;3-4H,1H2,2H3,(H3,7,8)/b;;;5-4+. The average molecular weight is 755 g/mol. The topological polar surface area (TPSA) is 91.7 Å². The van der Waals surface area contributed by atoms with E-state index in [1.54, 1.807) is 12.2 Å². The molecular weight excluding hydrogens is 705 g/mol. The van der Waals surface area contributed by atoms with Gasteiger partial charge in [0, 0.05) is 33.9 Å². The molecule has 6 N–H and O–H groups in total. The molecular formula is C54H50N4. The van der Waals surface area contributed by atoms with E-state index >= 15 is 0 Å². The molecule has 286 valence electrons. The summed E-state index contributed by atoms with van der Waals surface area (Å²) in [6.07, 6.45) is 3.30. The second kappa shape index (κ2) is 20.1. The summed E-state index contributed by atoms with van der Waals surface area (Å²) in [7, 11) is 0. The summed E-state index contributed by atoms with van der Waals surface area (Å²) in [5, 5.41) is 12.0. The minimum Gasteiger partial charge on any atom is -0.384 e. The molecule has 0 radical (unpaired) electrons. The Morgan fingerprint density at radius 2 is 1.03 bits per heavy atom. The number of amidine groups is 1. The highest BCUT2D eigenvalue weighted by molar-refractivity contribution is 6.23. The second-order valence-corrected chi connectivity index (χ2v) is 13.8. The van der Waals surface area contributed by atoms with E-state index in [4.69, 9.17) is 16.9 Å². The van der Waals surface area contributed by atoms with E-state index in [1.807, 2.05) is 43.3 Å². The van der Waals surface area contributed by atoms with Crippen LogP contribution in [0.1, 0.15) is 18.1 Å². The highest BCUT2D eigenvalue weighted by atomic mass is 14.7. The van der Waals surface area contributed by atoms with Gasteiger partial charge < -0.3 is 16.5 Å². The number of aryl methyl sites for hydroxylation is 1. The molecule has 1 aromatic heterocycles. The van der Waals surface area contributed by atoms with Gasteiger partial charge in [0.05, 0.1) is 0 Å². The Morgan fingerprint density at radius 3 is 1.52 bits per heavy atom. The fraction of sp³-hybridized carbons (Fsp3) is 0.0556. The number of benzene rings is 8. The van der Waals surface area contributed by atoms with Crippen molar-refractivity contribution in [1.82, 2.24) is 4.98 Å². The maximum Gasteiger partial charge on any atom is 0.122 e. The molecule has 0 fully saturated rings. The van der Waals surface area contributed by atoms with Crippen LogP contribution < -0.4 is 11.5 Å². The number of allylic oxidation sites excluding steroid dienone is 1. The van der Waals surface area contributed by atoms with Crippen molar-refractivity contribution in [3.05, 3.63) is 230 Å². The molecule has 0 unspecified atom stereocenters. The summed E-state index contributed by atoms with van der Waals surface area (Å²) >= 11 is 0. The van der Waals surface area contributed by atoms with Crippen LogP contribution in [0.4, 0.5) is 0 Å². The molecule has 4 heteroatoms. The van der Waals surface area contributed by atoms with Crippen LogP contribution in [0.25, 0.3) is 66.0 Å². The van der Waals surface area contributed by atoms with E-state index in [2.05, 4.69) is 176 Å². The molecule has 9 rings (SSSR count). The van der Waals surface area contributed by atoms with Gasteiger partial charge in [-0.25, -0.2) is 0 Å². The predicted octanol–water partition coefficient (Wildman–Crippen LogP) is 13.7. The Morgan fingerprint density at radius 1 is 0.552 bits per heavy atom.